The molecule has 4 rings (SSSR count). The predicted molar refractivity (Wildman–Crippen MR) is 134 cm³/mol. The SMILES string of the molecule is Cc1cc(C)c(S(=O)(=O)N2CCC(C(=O)Nc3ccccc3Oc3ccccc3)CC2)c(C)c1. The molecule has 0 bridgehead atoms. The molecule has 3 aromatic carbocycles. The van der Waals surface area contributed by atoms with Gasteiger partial charge in [0.2, 0.25) is 15.9 Å². The number of ether oxygens (including phenoxy) is 1. The minimum absolute atomic E-state index is 0.121. The molecule has 1 aliphatic rings. The second kappa shape index (κ2) is 9.99. The summed E-state index contributed by atoms with van der Waals surface area (Å²) in [4.78, 5) is 13.4. The first-order chi connectivity index (χ1) is 16.3. The molecule has 34 heavy (non-hydrogen) atoms. The van der Waals surface area contributed by atoms with Crippen LogP contribution in [-0.4, -0.2) is 31.7 Å². The molecule has 7 heteroatoms. The lowest BCUT2D eigenvalue weighted by atomic mass is 9.97. The Kier molecular flexibility index (Phi) is 7.05. The van der Waals surface area contributed by atoms with E-state index in [4.69, 9.17) is 4.74 Å². The molecule has 6 nitrogen and oxygen atoms in total. The molecule has 1 fully saturated rings. The average Bonchev–Trinajstić information content (AvgIpc) is 2.80. The van der Waals surface area contributed by atoms with Crippen LogP contribution in [0.4, 0.5) is 5.69 Å². The fourth-order valence-corrected chi connectivity index (χ4v) is 6.45. The van der Waals surface area contributed by atoms with Gasteiger partial charge in [0.15, 0.2) is 5.75 Å². The third-order valence-electron chi connectivity index (χ3n) is 6.14. The highest BCUT2D eigenvalue weighted by molar-refractivity contribution is 7.89. The second-order valence-electron chi connectivity index (χ2n) is 8.81. The van der Waals surface area contributed by atoms with Gasteiger partial charge >= 0.3 is 0 Å². The Labute approximate surface area is 201 Å². The molecule has 178 valence electrons. The van der Waals surface area contributed by atoms with Crippen LogP contribution in [0, 0.1) is 26.7 Å². The molecular weight excluding hydrogens is 448 g/mol. The number of nitrogens with zero attached hydrogens (tertiary/aromatic N) is 1. The molecule has 1 aliphatic heterocycles. The van der Waals surface area contributed by atoms with Crippen molar-refractivity contribution in [3.05, 3.63) is 83.4 Å². The summed E-state index contributed by atoms with van der Waals surface area (Å²) >= 11 is 0. The lowest BCUT2D eigenvalue weighted by Gasteiger charge is -2.31. The van der Waals surface area contributed by atoms with E-state index < -0.39 is 10.0 Å². The Hall–Kier alpha value is -3.16. The quantitative estimate of drug-likeness (QED) is 0.512. The lowest BCUT2D eigenvalue weighted by molar-refractivity contribution is -0.120. The fraction of sp³-hybridized carbons (Fsp3) is 0.296. The van der Waals surface area contributed by atoms with E-state index in [-0.39, 0.29) is 11.8 Å². The molecule has 1 saturated heterocycles. The molecule has 1 N–H and O–H groups in total. The van der Waals surface area contributed by atoms with Crippen molar-refractivity contribution in [2.45, 2.75) is 38.5 Å². The number of sulfonamides is 1. The van der Waals surface area contributed by atoms with Crippen molar-refractivity contribution in [1.29, 1.82) is 0 Å². The van der Waals surface area contributed by atoms with Crippen LogP contribution in [0.15, 0.2) is 71.6 Å². The zero-order valence-electron chi connectivity index (χ0n) is 19.7. The summed E-state index contributed by atoms with van der Waals surface area (Å²) in [6.07, 6.45) is 0.938. The summed E-state index contributed by atoms with van der Waals surface area (Å²) in [5.41, 5.74) is 3.15. The van der Waals surface area contributed by atoms with E-state index in [0.29, 0.717) is 48.0 Å². The molecule has 0 radical (unpaired) electrons. The monoisotopic (exact) mass is 478 g/mol. The van der Waals surface area contributed by atoms with Gasteiger partial charge in [-0.2, -0.15) is 4.31 Å². The van der Waals surface area contributed by atoms with Crippen molar-refractivity contribution in [2.24, 2.45) is 5.92 Å². The molecule has 0 spiro atoms. The maximum absolute atomic E-state index is 13.3. The minimum atomic E-state index is -3.61. The molecule has 0 aliphatic carbocycles. The summed E-state index contributed by atoms with van der Waals surface area (Å²) in [6, 6.07) is 20.5. The zero-order valence-corrected chi connectivity index (χ0v) is 20.6. The van der Waals surface area contributed by atoms with Crippen LogP contribution in [0.3, 0.4) is 0 Å². The summed E-state index contributed by atoms with van der Waals surface area (Å²) in [7, 11) is -3.61. The van der Waals surface area contributed by atoms with Gasteiger partial charge in [0.05, 0.1) is 10.6 Å². The van der Waals surface area contributed by atoms with Crippen LogP contribution >= 0.6 is 0 Å². The normalized spacial score (nSPS) is 15.1. The van der Waals surface area contributed by atoms with Gasteiger partial charge in [-0.3, -0.25) is 4.79 Å². The van der Waals surface area contributed by atoms with Crippen molar-refractivity contribution < 1.29 is 17.9 Å². The van der Waals surface area contributed by atoms with Crippen LogP contribution in [-0.2, 0) is 14.8 Å². The van der Waals surface area contributed by atoms with Gasteiger partial charge in [0.25, 0.3) is 0 Å². The first kappa shape index (κ1) is 24.0. The number of carbonyl (C=O) groups excluding carboxylic acids is 1. The standard InChI is InChI=1S/C27H30N2O4S/c1-19-17-20(2)26(21(3)18-19)34(31,32)29-15-13-22(14-16-29)27(30)28-24-11-7-8-12-25(24)33-23-9-5-4-6-10-23/h4-12,17-18,22H,13-16H2,1-3H3,(H,28,30). The highest BCUT2D eigenvalue weighted by atomic mass is 32.2. The Morgan fingerprint density at radius 3 is 2.15 bits per heavy atom. The number of nitrogens with one attached hydrogen (secondary N) is 1. The van der Waals surface area contributed by atoms with Crippen LogP contribution in [0.2, 0.25) is 0 Å². The van der Waals surface area contributed by atoms with E-state index in [0.717, 1.165) is 16.7 Å². The van der Waals surface area contributed by atoms with E-state index in [1.165, 1.54) is 4.31 Å². The third kappa shape index (κ3) is 5.16. The van der Waals surface area contributed by atoms with Gasteiger partial charge in [-0.15, -0.1) is 0 Å². The van der Waals surface area contributed by atoms with E-state index in [9.17, 15) is 13.2 Å². The highest BCUT2D eigenvalue weighted by Gasteiger charge is 2.34. The van der Waals surface area contributed by atoms with Crippen molar-refractivity contribution in [3.63, 3.8) is 0 Å². The van der Waals surface area contributed by atoms with Crippen molar-refractivity contribution in [1.82, 2.24) is 4.31 Å². The number of benzene rings is 3. The molecular formula is C27H30N2O4S. The Morgan fingerprint density at radius 1 is 0.912 bits per heavy atom. The largest absolute Gasteiger partial charge is 0.455 e. The molecule has 0 aromatic heterocycles. The van der Waals surface area contributed by atoms with E-state index in [1.807, 2.05) is 81.4 Å². The summed E-state index contributed by atoms with van der Waals surface area (Å²) in [5, 5.41) is 2.98. The number of anilines is 1. The molecule has 0 saturated carbocycles. The third-order valence-corrected chi connectivity index (χ3v) is 8.35. The van der Waals surface area contributed by atoms with E-state index >= 15 is 0 Å². The maximum atomic E-state index is 13.3. The Bertz CT molecular complexity index is 1260. The Morgan fingerprint density at radius 2 is 1.50 bits per heavy atom. The maximum Gasteiger partial charge on any atom is 0.243 e. The number of rotatable bonds is 6. The summed E-state index contributed by atoms with van der Waals surface area (Å²) < 4.78 is 34.1. The van der Waals surface area contributed by atoms with E-state index in [1.54, 1.807) is 6.07 Å². The van der Waals surface area contributed by atoms with Crippen LogP contribution in [0.25, 0.3) is 0 Å². The predicted octanol–water partition coefficient (Wildman–Crippen LogP) is 5.44. The van der Waals surface area contributed by atoms with Crippen molar-refractivity contribution in [3.8, 4) is 11.5 Å². The first-order valence-electron chi connectivity index (χ1n) is 11.5. The lowest BCUT2D eigenvalue weighted by Crippen LogP contribution is -2.41. The van der Waals surface area contributed by atoms with Crippen LogP contribution in [0.1, 0.15) is 29.5 Å². The van der Waals surface area contributed by atoms with Crippen LogP contribution < -0.4 is 10.1 Å². The van der Waals surface area contributed by atoms with Gasteiger partial charge in [0.1, 0.15) is 5.75 Å². The molecule has 0 atom stereocenters. The molecule has 0 unspecified atom stereocenters. The number of hydrogen-bond acceptors (Lipinski definition) is 4. The topological polar surface area (TPSA) is 75.7 Å². The van der Waals surface area contributed by atoms with Gasteiger partial charge in [-0.1, -0.05) is 48.0 Å². The average molecular weight is 479 g/mol. The van der Waals surface area contributed by atoms with Gasteiger partial charge in [-0.25, -0.2) is 8.42 Å². The van der Waals surface area contributed by atoms with E-state index in [2.05, 4.69) is 5.32 Å². The Balaban J connectivity index is 1.42. The number of amides is 1. The van der Waals surface area contributed by atoms with Gasteiger partial charge < -0.3 is 10.1 Å². The smallest absolute Gasteiger partial charge is 0.243 e. The number of carbonyl (C=O) groups is 1. The van der Waals surface area contributed by atoms with Gasteiger partial charge in [-0.05, 0) is 69.0 Å². The summed E-state index contributed by atoms with van der Waals surface area (Å²) in [6.45, 7) is 6.26. The number of para-hydroxylation sites is 3. The number of hydrogen-bond donors (Lipinski definition) is 1. The highest BCUT2D eigenvalue weighted by Crippen LogP contribution is 2.32. The van der Waals surface area contributed by atoms with Crippen molar-refractivity contribution in [2.75, 3.05) is 18.4 Å². The molecule has 1 heterocycles. The van der Waals surface area contributed by atoms with Crippen molar-refractivity contribution >= 4 is 21.6 Å². The van der Waals surface area contributed by atoms with Crippen LogP contribution in [0.5, 0.6) is 11.5 Å². The number of aryl methyl sites for hydroxylation is 3. The molecule has 3 aromatic rings. The summed E-state index contributed by atoms with van der Waals surface area (Å²) in [5.74, 6) is 0.858. The zero-order chi connectivity index (χ0) is 24.3. The number of piperidine rings is 1. The molecule has 1 amide bonds. The minimum Gasteiger partial charge on any atom is -0.455 e. The fourth-order valence-electron chi connectivity index (χ4n) is 4.57. The first-order valence-corrected chi connectivity index (χ1v) is 12.9. The van der Waals surface area contributed by atoms with Gasteiger partial charge in [0, 0.05) is 19.0 Å². The second-order valence-corrected chi connectivity index (χ2v) is 10.7.